The van der Waals surface area contributed by atoms with Gasteiger partial charge < -0.3 is 5.73 Å². The minimum atomic E-state index is -3.96. The molecule has 0 spiro atoms. The Labute approximate surface area is 122 Å². The molecule has 0 aliphatic carbocycles. The van der Waals surface area contributed by atoms with E-state index in [-0.39, 0.29) is 10.8 Å². The van der Waals surface area contributed by atoms with Gasteiger partial charge in [0.1, 0.15) is 6.54 Å². The van der Waals surface area contributed by atoms with Crippen molar-refractivity contribution in [3.8, 4) is 0 Å². The van der Waals surface area contributed by atoms with Crippen LogP contribution in [0.25, 0.3) is 0 Å². The van der Waals surface area contributed by atoms with Crippen molar-refractivity contribution in [1.29, 1.82) is 0 Å². The van der Waals surface area contributed by atoms with Crippen molar-refractivity contribution in [3.63, 3.8) is 0 Å². The summed E-state index contributed by atoms with van der Waals surface area (Å²) < 4.78 is 26.0. The number of hydrogen-bond acceptors (Lipinski definition) is 5. The van der Waals surface area contributed by atoms with Gasteiger partial charge >= 0.3 is 0 Å². The first kappa shape index (κ1) is 14.9. The molecule has 0 saturated carbocycles. The lowest BCUT2D eigenvalue weighted by atomic mass is 10.2. The molecule has 21 heavy (non-hydrogen) atoms. The van der Waals surface area contributed by atoms with Crippen LogP contribution >= 0.6 is 0 Å². The second-order valence-electron chi connectivity index (χ2n) is 4.34. The SMILES string of the molecule is Cc1ccc(S(=O)(=O)N(CC(N)=O)c2ncccn2)cc1. The molecule has 0 bridgehead atoms. The molecule has 110 valence electrons. The molecule has 0 saturated heterocycles. The molecule has 1 amide bonds. The van der Waals surface area contributed by atoms with E-state index in [4.69, 9.17) is 5.73 Å². The highest BCUT2D eigenvalue weighted by Gasteiger charge is 2.28. The van der Waals surface area contributed by atoms with Gasteiger partial charge in [-0.3, -0.25) is 4.79 Å². The Morgan fingerprint density at radius 2 is 1.76 bits per heavy atom. The van der Waals surface area contributed by atoms with Crippen LogP contribution in [-0.4, -0.2) is 30.8 Å². The second-order valence-corrected chi connectivity index (χ2v) is 6.20. The van der Waals surface area contributed by atoms with Crippen molar-refractivity contribution in [2.24, 2.45) is 5.73 Å². The van der Waals surface area contributed by atoms with Gasteiger partial charge in [0.2, 0.25) is 11.9 Å². The van der Waals surface area contributed by atoms with E-state index in [0.717, 1.165) is 9.87 Å². The number of nitrogens with zero attached hydrogens (tertiary/aromatic N) is 3. The van der Waals surface area contributed by atoms with Gasteiger partial charge in [-0.2, -0.15) is 0 Å². The van der Waals surface area contributed by atoms with E-state index in [1.54, 1.807) is 18.2 Å². The van der Waals surface area contributed by atoms with Gasteiger partial charge in [0.05, 0.1) is 4.90 Å². The van der Waals surface area contributed by atoms with Crippen molar-refractivity contribution in [2.45, 2.75) is 11.8 Å². The fraction of sp³-hybridized carbons (Fsp3) is 0.154. The highest BCUT2D eigenvalue weighted by molar-refractivity contribution is 7.92. The molecule has 0 aliphatic heterocycles. The first-order valence-corrected chi connectivity index (χ1v) is 7.50. The number of hydrogen-bond donors (Lipinski definition) is 1. The number of aromatic nitrogens is 2. The summed E-state index contributed by atoms with van der Waals surface area (Å²) in [6.45, 7) is 1.32. The Balaban J connectivity index is 2.49. The molecule has 0 atom stereocenters. The molecule has 1 aromatic carbocycles. The Bertz CT molecular complexity index is 730. The molecule has 0 aliphatic rings. The molecule has 8 heteroatoms. The maximum Gasteiger partial charge on any atom is 0.267 e. The highest BCUT2D eigenvalue weighted by atomic mass is 32.2. The van der Waals surface area contributed by atoms with Gasteiger partial charge in [0, 0.05) is 12.4 Å². The minimum Gasteiger partial charge on any atom is -0.368 e. The van der Waals surface area contributed by atoms with E-state index < -0.39 is 22.5 Å². The standard InChI is InChI=1S/C13H14N4O3S/c1-10-3-5-11(6-4-10)21(19,20)17(9-12(14)18)13-15-7-2-8-16-13/h2-8H,9H2,1H3,(H2,14,18). The quantitative estimate of drug-likeness (QED) is 0.864. The third-order valence-corrected chi connectivity index (χ3v) is 4.42. The Hall–Kier alpha value is -2.48. The third-order valence-electron chi connectivity index (χ3n) is 2.68. The number of nitrogens with two attached hydrogens (primary N) is 1. The predicted octanol–water partition coefficient (Wildman–Crippen LogP) is 0.466. The number of benzene rings is 1. The van der Waals surface area contributed by atoms with E-state index in [1.807, 2.05) is 6.92 Å². The summed E-state index contributed by atoms with van der Waals surface area (Å²) in [6.07, 6.45) is 2.78. The van der Waals surface area contributed by atoms with Gasteiger partial charge in [-0.25, -0.2) is 22.7 Å². The zero-order valence-corrected chi connectivity index (χ0v) is 12.1. The molecule has 7 nitrogen and oxygen atoms in total. The molecule has 0 unspecified atom stereocenters. The number of sulfonamides is 1. The van der Waals surface area contributed by atoms with Crippen molar-refractivity contribution in [2.75, 3.05) is 10.8 Å². The van der Waals surface area contributed by atoms with Gasteiger partial charge in [-0.1, -0.05) is 17.7 Å². The van der Waals surface area contributed by atoms with Gasteiger partial charge in [0.15, 0.2) is 0 Å². The van der Waals surface area contributed by atoms with Crippen LogP contribution in [0.5, 0.6) is 0 Å². The minimum absolute atomic E-state index is 0.0433. The molecule has 1 heterocycles. The van der Waals surface area contributed by atoms with Crippen LogP contribution in [0.2, 0.25) is 0 Å². The average molecular weight is 306 g/mol. The van der Waals surface area contributed by atoms with Gasteiger partial charge in [-0.15, -0.1) is 0 Å². The maximum atomic E-state index is 12.6. The van der Waals surface area contributed by atoms with Crippen LogP contribution in [0, 0.1) is 6.92 Å². The summed E-state index contributed by atoms with van der Waals surface area (Å²) >= 11 is 0. The lowest BCUT2D eigenvalue weighted by Gasteiger charge is -2.20. The first-order valence-electron chi connectivity index (χ1n) is 6.06. The van der Waals surface area contributed by atoms with E-state index >= 15 is 0 Å². The van der Waals surface area contributed by atoms with Crippen molar-refractivity contribution in [1.82, 2.24) is 9.97 Å². The lowest BCUT2D eigenvalue weighted by Crippen LogP contribution is -2.39. The number of anilines is 1. The fourth-order valence-electron chi connectivity index (χ4n) is 1.66. The summed E-state index contributed by atoms with van der Waals surface area (Å²) in [5.41, 5.74) is 6.05. The molecule has 2 N–H and O–H groups in total. The maximum absolute atomic E-state index is 12.6. The zero-order chi connectivity index (χ0) is 15.5. The van der Waals surface area contributed by atoms with E-state index in [9.17, 15) is 13.2 Å². The Morgan fingerprint density at radius 1 is 1.19 bits per heavy atom. The van der Waals surface area contributed by atoms with Gasteiger partial charge in [-0.05, 0) is 25.1 Å². The molecule has 2 aromatic rings. The monoisotopic (exact) mass is 306 g/mol. The fourth-order valence-corrected chi connectivity index (χ4v) is 3.00. The molecule has 0 fully saturated rings. The predicted molar refractivity (Wildman–Crippen MR) is 76.9 cm³/mol. The number of rotatable bonds is 5. The van der Waals surface area contributed by atoms with Crippen LogP contribution in [0.1, 0.15) is 5.56 Å². The normalized spacial score (nSPS) is 11.1. The van der Waals surface area contributed by atoms with Crippen LogP contribution < -0.4 is 10.0 Å². The second kappa shape index (κ2) is 5.88. The molecular weight excluding hydrogens is 292 g/mol. The molecule has 0 radical (unpaired) electrons. The van der Waals surface area contributed by atoms with E-state index in [2.05, 4.69) is 9.97 Å². The largest absolute Gasteiger partial charge is 0.368 e. The van der Waals surface area contributed by atoms with Crippen molar-refractivity contribution in [3.05, 3.63) is 48.3 Å². The van der Waals surface area contributed by atoms with Crippen molar-refractivity contribution < 1.29 is 13.2 Å². The van der Waals surface area contributed by atoms with E-state index in [1.165, 1.54) is 24.5 Å². The average Bonchev–Trinajstić information content (AvgIpc) is 2.46. The number of primary amides is 1. The molecule has 2 rings (SSSR count). The smallest absolute Gasteiger partial charge is 0.267 e. The summed E-state index contributed by atoms with van der Waals surface area (Å²) in [5.74, 6) is -0.894. The summed E-state index contributed by atoms with van der Waals surface area (Å²) in [4.78, 5) is 19.0. The topological polar surface area (TPSA) is 106 Å². The summed E-state index contributed by atoms with van der Waals surface area (Å²) in [5, 5.41) is 0. The van der Waals surface area contributed by atoms with E-state index in [0.29, 0.717) is 0 Å². The summed E-state index contributed by atoms with van der Waals surface area (Å²) in [6, 6.07) is 7.80. The molecule has 1 aromatic heterocycles. The molecular formula is C13H14N4O3S. The first-order chi connectivity index (χ1) is 9.91. The Kier molecular flexibility index (Phi) is 4.18. The number of amides is 1. The number of aryl methyl sites for hydroxylation is 1. The third kappa shape index (κ3) is 3.34. The lowest BCUT2D eigenvalue weighted by molar-refractivity contribution is -0.116. The Morgan fingerprint density at radius 3 is 2.29 bits per heavy atom. The summed E-state index contributed by atoms with van der Waals surface area (Å²) in [7, 11) is -3.96. The highest BCUT2D eigenvalue weighted by Crippen LogP contribution is 2.20. The zero-order valence-electron chi connectivity index (χ0n) is 11.3. The van der Waals surface area contributed by atoms with Crippen molar-refractivity contribution >= 4 is 21.9 Å². The van der Waals surface area contributed by atoms with Gasteiger partial charge in [0.25, 0.3) is 10.0 Å². The van der Waals surface area contributed by atoms with Crippen LogP contribution in [0.3, 0.4) is 0 Å². The number of carbonyl (C=O) groups is 1. The van der Waals surface area contributed by atoms with Crippen LogP contribution in [0.15, 0.2) is 47.6 Å². The van der Waals surface area contributed by atoms with Crippen LogP contribution in [-0.2, 0) is 14.8 Å². The number of carbonyl (C=O) groups excluding carboxylic acids is 1. The van der Waals surface area contributed by atoms with Crippen LogP contribution in [0.4, 0.5) is 5.95 Å².